The number of nitrogens with one attached hydrogen (secondary N) is 2. The lowest BCUT2D eigenvalue weighted by Crippen LogP contribution is -1.92. The van der Waals surface area contributed by atoms with Crippen LogP contribution in [0.4, 0.5) is 0 Å². The summed E-state index contributed by atoms with van der Waals surface area (Å²) in [4.78, 5) is 17.4. The van der Waals surface area contributed by atoms with E-state index in [-0.39, 0.29) is 6.61 Å². The summed E-state index contributed by atoms with van der Waals surface area (Å²) in [5, 5.41) is 21.5. The van der Waals surface area contributed by atoms with Gasteiger partial charge in [-0.25, -0.2) is 15.0 Å². The van der Waals surface area contributed by atoms with Gasteiger partial charge in [0.05, 0.1) is 30.6 Å². The molecule has 168 valence electrons. The number of nitrogens with zero attached hydrogens (tertiary/aromatic N) is 6. The number of rotatable bonds is 5. The van der Waals surface area contributed by atoms with Gasteiger partial charge in [-0.15, -0.1) is 0 Å². The number of benzene rings is 1. The minimum atomic E-state index is -0.170. The van der Waals surface area contributed by atoms with E-state index in [1.165, 1.54) is 0 Å². The average molecular weight is 452 g/mol. The monoisotopic (exact) mass is 452 g/mol. The molecule has 0 unspecified atom stereocenters. The summed E-state index contributed by atoms with van der Waals surface area (Å²) in [6, 6.07) is 13.5. The number of hydrogen-bond donors (Lipinski definition) is 3. The zero-order valence-electron chi connectivity index (χ0n) is 18.4. The second-order valence-electron chi connectivity index (χ2n) is 7.86. The maximum absolute atomic E-state index is 9.68. The van der Waals surface area contributed by atoms with Crippen LogP contribution in [0.1, 0.15) is 5.69 Å². The SMILES string of the molecule is COc1cccc(-c2ccnc3[nH]c(-c4n[nH]c5ccc(-c6cn(C)nc6CO)nc45)nc23)c1. The van der Waals surface area contributed by atoms with E-state index in [4.69, 9.17) is 14.7 Å². The van der Waals surface area contributed by atoms with Crippen molar-refractivity contribution in [2.75, 3.05) is 7.11 Å². The Hall–Kier alpha value is -4.57. The van der Waals surface area contributed by atoms with Gasteiger partial charge in [0, 0.05) is 30.6 Å². The Morgan fingerprint density at radius 1 is 1.06 bits per heavy atom. The summed E-state index contributed by atoms with van der Waals surface area (Å²) in [5.41, 5.74) is 7.33. The zero-order valence-corrected chi connectivity index (χ0v) is 18.4. The number of aromatic amines is 2. The van der Waals surface area contributed by atoms with Crippen LogP contribution in [0.25, 0.3) is 56.1 Å². The van der Waals surface area contributed by atoms with Crippen molar-refractivity contribution in [2.24, 2.45) is 7.05 Å². The minimum absolute atomic E-state index is 0.170. The number of methoxy groups -OCH3 is 1. The molecule has 0 spiro atoms. The molecule has 0 atom stereocenters. The summed E-state index contributed by atoms with van der Waals surface area (Å²) in [7, 11) is 3.46. The number of aliphatic hydroxyl groups excluding tert-OH is 1. The van der Waals surface area contributed by atoms with Crippen LogP contribution in [0.3, 0.4) is 0 Å². The van der Waals surface area contributed by atoms with Crippen molar-refractivity contribution in [1.82, 2.24) is 39.9 Å². The van der Waals surface area contributed by atoms with Gasteiger partial charge in [0.15, 0.2) is 17.2 Å². The molecule has 34 heavy (non-hydrogen) atoms. The van der Waals surface area contributed by atoms with Crippen LogP contribution in [0.15, 0.2) is 54.9 Å². The molecule has 0 aliphatic heterocycles. The van der Waals surface area contributed by atoms with Gasteiger partial charge in [-0.05, 0) is 35.9 Å². The molecule has 0 radical (unpaired) electrons. The van der Waals surface area contributed by atoms with Crippen molar-refractivity contribution in [2.45, 2.75) is 6.61 Å². The molecule has 0 bridgehead atoms. The molecule has 5 heterocycles. The number of aliphatic hydroxyl groups is 1. The Bertz CT molecular complexity index is 1660. The first-order chi connectivity index (χ1) is 16.6. The maximum atomic E-state index is 9.68. The van der Waals surface area contributed by atoms with E-state index < -0.39 is 0 Å². The Kier molecular flexibility index (Phi) is 4.59. The van der Waals surface area contributed by atoms with Gasteiger partial charge in [0.1, 0.15) is 16.8 Å². The molecule has 0 saturated carbocycles. The van der Waals surface area contributed by atoms with Crippen LogP contribution in [0.5, 0.6) is 5.75 Å². The number of ether oxygens (including phenoxy) is 1. The molecule has 10 heteroatoms. The van der Waals surface area contributed by atoms with Crippen LogP contribution in [0, 0.1) is 0 Å². The van der Waals surface area contributed by atoms with Gasteiger partial charge in [-0.3, -0.25) is 9.78 Å². The van der Waals surface area contributed by atoms with Crippen LogP contribution in [0.2, 0.25) is 0 Å². The number of aromatic nitrogens is 8. The van der Waals surface area contributed by atoms with Crippen molar-refractivity contribution in [3.8, 4) is 39.7 Å². The number of aryl methyl sites for hydroxylation is 1. The molecule has 10 nitrogen and oxygen atoms in total. The molecule has 0 aliphatic rings. The van der Waals surface area contributed by atoms with Crippen molar-refractivity contribution in [1.29, 1.82) is 0 Å². The number of fused-ring (bicyclic) bond motifs is 2. The first kappa shape index (κ1) is 20.1. The van der Waals surface area contributed by atoms with Gasteiger partial charge in [-0.1, -0.05) is 12.1 Å². The van der Waals surface area contributed by atoms with E-state index in [1.807, 2.05) is 55.7 Å². The summed E-state index contributed by atoms with van der Waals surface area (Å²) in [6.07, 6.45) is 3.59. The molecule has 0 fully saturated rings. The van der Waals surface area contributed by atoms with E-state index in [0.29, 0.717) is 34.1 Å². The van der Waals surface area contributed by atoms with E-state index in [1.54, 1.807) is 18.0 Å². The molecule has 0 saturated heterocycles. The van der Waals surface area contributed by atoms with Gasteiger partial charge in [-0.2, -0.15) is 10.2 Å². The first-order valence-corrected chi connectivity index (χ1v) is 10.6. The third-order valence-electron chi connectivity index (χ3n) is 5.73. The Balaban J connectivity index is 1.49. The van der Waals surface area contributed by atoms with Crippen molar-refractivity contribution in [3.63, 3.8) is 0 Å². The second kappa shape index (κ2) is 7.78. The molecule has 0 amide bonds. The molecule has 0 aliphatic carbocycles. The highest BCUT2D eigenvalue weighted by Crippen LogP contribution is 2.32. The lowest BCUT2D eigenvalue weighted by molar-refractivity contribution is 0.276. The standard InChI is InChI=1S/C24H20N8O2/c1-32-11-16(19(12-33)31-32)17-6-7-18-21(26-17)22(30-29-18)24-27-20-15(8-9-25-23(20)28-24)13-4-3-5-14(10-13)34-2/h3-11,33H,12H2,1-2H3,(H,29,30)(H,25,27,28). The average Bonchev–Trinajstić information content (AvgIpc) is 3.59. The van der Waals surface area contributed by atoms with Crippen LogP contribution < -0.4 is 4.74 Å². The first-order valence-electron chi connectivity index (χ1n) is 10.6. The fourth-order valence-corrected chi connectivity index (χ4v) is 4.13. The van der Waals surface area contributed by atoms with Gasteiger partial charge >= 0.3 is 0 Å². The normalized spacial score (nSPS) is 11.5. The van der Waals surface area contributed by atoms with Crippen LogP contribution in [-0.4, -0.2) is 52.1 Å². The van der Waals surface area contributed by atoms with E-state index >= 15 is 0 Å². The summed E-state index contributed by atoms with van der Waals surface area (Å²) in [6.45, 7) is -0.170. The lowest BCUT2D eigenvalue weighted by Gasteiger charge is -2.04. The number of imidazole rings is 1. The second-order valence-corrected chi connectivity index (χ2v) is 7.86. The molecular weight excluding hydrogens is 432 g/mol. The zero-order chi connectivity index (χ0) is 23.2. The van der Waals surface area contributed by atoms with Crippen LogP contribution in [-0.2, 0) is 13.7 Å². The molecule has 5 aromatic heterocycles. The van der Waals surface area contributed by atoms with E-state index in [9.17, 15) is 5.11 Å². The Morgan fingerprint density at radius 2 is 1.97 bits per heavy atom. The fourth-order valence-electron chi connectivity index (χ4n) is 4.13. The van der Waals surface area contributed by atoms with Gasteiger partial charge in [0.25, 0.3) is 0 Å². The predicted octanol–water partition coefficient (Wildman–Crippen LogP) is 3.46. The summed E-state index contributed by atoms with van der Waals surface area (Å²) >= 11 is 0. The highest BCUT2D eigenvalue weighted by Gasteiger charge is 2.18. The molecule has 3 N–H and O–H groups in total. The topological polar surface area (TPSA) is 130 Å². The Morgan fingerprint density at radius 3 is 2.82 bits per heavy atom. The third-order valence-corrected chi connectivity index (χ3v) is 5.73. The molecule has 6 aromatic rings. The van der Waals surface area contributed by atoms with Crippen molar-refractivity contribution < 1.29 is 9.84 Å². The molecular formula is C24H20N8O2. The number of pyridine rings is 2. The Labute approximate surface area is 193 Å². The highest BCUT2D eigenvalue weighted by atomic mass is 16.5. The van der Waals surface area contributed by atoms with Gasteiger partial charge < -0.3 is 14.8 Å². The van der Waals surface area contributed by atoms with Crippen molar-refractivity contribution >= 4 is 22.2 Å². The van der Waals surface area contributed by atoms with E-state index in [0.717, 1.165) is 33.5 Å². The third kappa shape index (κ3) is 3.20. The smallest absolute Gasteiger partial charge is 0.162 e. The summed E-state index contributed by atoms with van der Waals surface area (Å²) in [5.74, 6) is 1.33. The van der Waals surface area contributed by atoms with Crippen molar-refractivity contribution in [3.05, 3.63) is 60.6 Å². The highest BCUT2D eigenvalue weighted by molar-refractivity contribution is 5.95. The molecule has 6 rings (SSSR count). The van der Waals surface area contributed by atoms with Gasteiger partial charge in [0.2, 0.25) is 0 Å². The minimum Gasteiger partial charge on any atom is -0.497 e. The van der Waals surface area contributed by atoms with Crippen LogP contribution >= 0.6 is 0 Å². The number of hydrogen-bond acceptors (Lipinski definition) is 7. The lowest BCUT2D eigenvalue weighted by atomic mass is 10.1. The summed E-state index contributed by atoms with van der Waals surface area (Å²) < 4.78 is 7.04. The maximum Gasteiger partial charge on any atom is 0.162 e. The number of H-pyrrole nitrogens is 2. The fraction of sp³-hybridized carbons (Fsp3) is 0.125. The molecule has 1 aromatic carbocycles. The largest absolute Gasteiger partial charge is 0.497 e. The predicted molar refractivity (Wildman–Crippen MR) is 127 cm³/mol. The quantitative estimate of drug-likeness (QED) is 0.365. The van der Waals surface area contributed by atoms with E-state index in [2.05, 4.69) is 25.3 Å².